The fraction of sp³-hybridized carbons (Fsp3) is 0.353. The van der Waals surface area contributed by atoms with Crippen molar-refractivity contribution in [2.24, 2.45) is 5.41 Å². The molecule has 2 aromatic rings. The molecule has 0 aliphatic carbocycles. The number of carbonyl (C=O) groups excluding carboxylic acids is 1. The van der Waals surface area contributed by atoms with E-state index in [2.05, 4.69) is 29.6 Å². The highest BCUT2D eigenvalue weighted by atomic mass is 35.5. The molecule has 0 unspecified atom stereocenters. The van der Waals surface area contributed by atoms with Crippen molar-refractivity contribution < 1.29 is 4.79 Å². The maximum atomic E-state index is 12.0. The van der Waals surface area contributed by atoms with E-state index in [1.807, 2.05) is 32.0 Å². The number of alkyl halides is 1. The quantitative estimate of drug-likeness (QED) is 0.834. The molecule has 2 nitrogen and oxygen atoms in total. The summed E-state index contributed by atoms with van der Waals surface area (Å²) in [6, 6.07) is 14.3. The van der Waals surface area contributed by atoms with Crippen LogP contribution in [0.25, 0.3) is 10.8 Å². The van der Waals surface area contributed by atoms with Gasteiger partial charge in [0.25, 0.3) is 0 Å². The van der Waals surface area contributed by atoms with Crippen LogP contribution in [-0.4, -0.2) is 18.3 Å². The second-order valence-electron chi connectivity index (χ2n) is 5.93. The first-order chi connectivity index (χ1) is 9.50. The molecule has 2 rings (SSSR count). The maximum absolute atomic E-state index is 12.0. The summed E-state index contributed by atoms with van der Waals surface area (Å²) in [6.07, 6.45) is 0.406. The minimum Gasteiger partial charge on any atom is -0.355 e. The van der Waals surface area contributed by atoms with Gasteiger partial charge < -0.3 is 5.32 Å². The summed E-state index contributed by atoms with van der Waals surface area (Å²) in [5.41, 5.74) is 0.963. The Morgan fingerprint density at radius 2 is 1.85 bits per heavy atom. The zero-order valence-electron chi connectivity index (χ0n) is 11.9. The van der Waals surface area contributed by atoms with Gasteiger partial charge in [-0.1, -0.05) is 56.3 Å². The van der Waals surface area contributed by atoms with Crippen LogP contribution >= 0.6 is 11.6 Å². The van der Waals surface area contributed by atoms with E-state index >= 15 is 0 Å². The molecule has 0 aliphatic heterocycles. The van der Waals surface area contributed by atoms with E-state index in [1.165, 1.54) is 10.8 Å². The third-order valence-electron chi connectivity index (χ3n) is 3.30. The Bertz CT molecular complexity index is 607. The van der Waals surface area contributed by atoms with Crippen molar-refractivity contribution >= 4 is 28.3 Å². The lowest BCUT2D eigenvalue weighted by Gasteiger charge is -2.21. The second-order valence-corrected chi connectivity index (χ2v) is 6.20. The molecular formula is C17H20ClNO. The predicted molar refractivity (Wildman–Crippen MR) is 85.2 cm³/mol. The van der Waals surface area contributed by atoms with Gasteiger partial charge in [0.1, 0.15) is 0 Å². The topological polar surface area (TPSA) is 29.1 Å². The van der Waals surface area contributed by atoms with Crippen LogP contribution in [0.4, 0.5) is 0 Å². The first-order valence-corrected chi connectivity index (χ1v) is 7.34. The van der Waals surface area contributed by atoms with Crippen LogP contribution in [0.5, 0.6) is 0 Å². The van der Waals surface area contributed by atoms with Gasteiger partial charge >= 0.3 is 0 Å². The molecule has 2 aromatic carbocycles. The molecule has 0 aromatic heterocycles. The smallest absolute Gasteiger partial charge is 0.224 e. The first kappa shape index (κ1) is 14.9. The molecule has 1 amide bonds. The Kier molecular flexibility index (Phi) is 4.66. The van der Waals surface area contributed by atoms with Gasteiger partial charge in [0.15, 0.2) is 0 Å². The molecule has 20 heavy (non-hydrogen) atoms. The van der Waals surface area contributed by atoms with E-state index in [0.29, 0.717) is 18.8 Å². The minimum atomic E-state index is -0.0688. The van der Waals surface area contributed by atoms with Crippen molar-refractivity contribution in [2.75, 3.05) is 12.4 Å². The fourth-order valence-corrected chi connectivity index (χ4v) is 2.08. The summed E-state index contributed by atoms with van der Waals surface area (Å²) in [4.78, 5) is 12.0. The Morgan fingerprint density at radius 1 is 1.15 bits per heavy atom. The highest BCUT2D eigenvalue weighted by Crippen LogP contribution is 2.17. The highest BCUT2D eigenvalue weighted by molar-refractivity contribution is 6.18. The molecule has 3 heteroatoms. The Balaban J connectivity index is 1.99. The van der Waals surface area contributed by atoms with Crippen LogP contribution in [0, 0.1) is 5.41 Å². The highest BCUT2D eigenvalue weighted by Gasteiger charge is 2.17. The maximum Gasteiger partial charge on any atom is 0.224 e. The number of hydrogen-bond acceptors (Lipinski definition) is 1. The lowest BCUT2D eigenvalue weighted by Crippen LogP contribution is -2.35. The monoisotopic (exact) mass is 289 g/mol. The summed E-state index contributed by atoms with van der Waals surface area (Å²) in [5, 5.41) is 5.31. The number of hydrogen-bond donors (Lipinski definition) is 1. The normalized spacial score (nSPS) is 11.6. The molecular weight excluding hydrogens is 270 g/mol. The molecule has 0 radical (unpaired) electrons. The van der Waals surface area contributed by atoms with Crippen molar-refractivity contribution in [3.05, 3.63) is 48.0 Å². The molecule has 0 bridgehead atoms. The van der Waals surface area contributed by atoms with Crippen LogP contribution in [0.2, 0.25) is 0 Å². The van der Waals surface area contributed by atoms with Gasteiger partial charge in [0, 0.05) is 12.4 Å². The van der Waals surface area contributed by atoms with E-state index in [0.717, 1.165) is 5.56 Å². The molecule has 106 valence electrons. The fourth-order valence-electron chi connectivity index (χ4n) is 1.98. The lowest BCUT2D eigenvalue weighted by molar-refractivity contribution is -0.120. The lowest BCUT2D eigenvalue weighted by atomic mass is 9.96. The van der Waals surface area contributed by atoms with Gasteiger partial charge in [-0.25, -0.2) is 0 Å². The second kappa shape index (κ2) is 6.27. The van der Waals surface area contributed by atoms with Crippen molar-refractivity contribution in [1.29, 1.82) is 0 Å². The summed E-state index contributed by atoms with van der Waals surface area (Å²) in [7, 11) is 0. The number of rotatable bonds is 5. The van der Waals surface area contributed by atoms with E-state index in [4.69, 9.17) is 11.6 Å². The van der Waals surface area contributed by atoms with Gasteiger partial charge in [-0.3, -0.25) is 4.79 Å². The third-order valence-corrected chi connectivity index (χ3v) is 4.03. The molecule has 0 heterocycles. The number of halogens is 1. The predicted octanol–water partition coefficient (Wildman–Crippen LogP) is 3.76. The molecule has 0 spiro atoms. The molecule has 0 saturated heterocycles. The Morgan fingerprint density at radius 3 is 2.55 bits per heavy atom. The Hall–Kier alpha value is -1.54. The number of amides is 1. The first-order valence-electron chi connectivity index (χ1n) is 6.80. The number of benzene rings is 2. The molecule has 0 atom stereocenters. The number of carbonyl (C=O) groups is 1. The zero-order valence-corrected chi connectivity index (χ0v) is 12.7. The van der Waals surface area contributed by atoms with Crippen LogP contribution in [0.3, 0.4) is 0 Å². The van der Waals surface area contributed by atoms with E-state index in [9.17, 15) is 4.79 Å². The van der Waals surface area contributed by atoms with Crippen molar-refractivity contribution in [1.82, 2.24) is 5.32 Å². The molecule has 0 fully saturated rings. The largest absolute Gasteiger partial charge is 0.355 e. The van der Waals surface area contributed by atoms with Gasteiger partial charge in [0.05, 0.1) is 6.42 Å². The summed E-state index contributed by atoms with van der Waals surface area (Å²) >= 11 is 5.85. The van der Waals surface area contributed by atoms with Crippen LogP contribution in [0.15, 0.2) is 42.5 Å². The Labute approximate surface area is 125 Å². The van der Waals surface area contributed by atoms with Gasteiger partial charge in [0.2, 0.25) is 5.91 Å². The van der Waals surface area contributed by atoms with Crippen LogP contribution < -0.4 is 5.32 Å². The van der Waals surface area contributed by atoms with Gasteiger partial charge in [-0.05, 0) is 21.8 Å². The minimum absolute atomic E-state index is 0.0403. The van der Waals surface area contributed by atoms with E-state index in [1.54, 1.807) is 0 Å². The van der Waals surface area contributed by atoms with E-state index in [-0.39, 0.29) is 11.3 Å². The number of fused-ring (bicyclic) bond motifs is 1. The van der Waals surface area contributed by atoms with Crippen LogP contribution in [0.1, 0.15) is 19.4 Å². The molecule has 0 aliphatic rings. The van der Waals surface area contributed by atoms with Gasteiger partial charge in [-0.2, -0.15) is 0 Å². The van der Waals surface area contributed by atoms with Gasteiger partial charge in [-0.15, -0.1) is 11.6 Å². The number of nitrogens with one attached hydrogen (secondary N) is 1. The van der Waals surface area contributed by atoms with E-state index < -0.39 is 0 Å². The zero-order chi connectivity index (χ0) is 14.6. The average molecular weight is 290 g/mol. The third kappa shape index (κ3) is 3.97. The summed E-state index contributed by atoms with van der Waals surface area (Å²) < 4.78 is 0. The molecule has 1 N–H and O–H groups in total. The van der Waals surface area contributed by atoms with Crippen molar-refractivity contribution in [3.8, 4) is 0 Å². The molecule has 0 saturated carbocycles. The van der Waals surface area contributed by atoms with Crippen molar-refractivity contribution in [3.63, 3.8) is 0 Å². The van der Waals surface area contributed by atoms with Crippen molar-refractivity contribution in [2.45, 2.75) is 20.3 Å². The standard InChI is InChI=1S/C17H20ClNO/c1-17(2,11-18)12-19-16(20)10-13-7-8-14-5-3-4-6-15(14)9-13/h3-9H,10-12H2,1-2H3,(H,19,20). The summed E-state index contributed by atoms with van der Waals surface area (Å²) in [6.45, 7) is 4.68. The SMILES string of the molecule is CC(C)(CCl)CNC(=O)Cc1ccc2ccccc2c1. The van der Waals surface area contributed by atoms with Crippen LogP contribution in [-0.2, 0) is 11.2 Å². The average Bonchev–Trinajstić information content (AvgIpc) is 2.45. The summed E-state index contributed by atoms with van der Waals surface area (Å²) in [5.74, 6) is 0.571.